The first kappa shape index (κ1) is 17.9. The highest BCUT2D eigenvalue weighted by Gasteiger charge is 2.50. The fraction of sp³-hybridized carbons (Fsp3) is 0.316. The lowest BCUT2D eigenvalue weighted by atomic mass is 9.80. The smallest absolute Gasteiger partial charge is 0.253 e. The van der Waals surface area contributed by atoms with E-state index < -0.39 is 22.8 Å². The summed E-state index contributed by atoms with van der Waals surface area (Å²) in [4.78, 5) is 25.7. The zero-order valence-electron chi connectivity index (χ0n) is 15.6. The van der Waals surface area contributed by atoms with Crippen LogP contribution in [0.5, 0.6) is 11.5 Å². The highest BCUT2D eigenvalue weighted by Crippen LogP contribution is 2.44. The zero-order chi connectivity index (χ0) is 20.2. The molecule has 0 radical (unpaired) electrons. The number of furan rings is 1. The molecule has 1 aromatic carbocycles. The summed E-state index contributed by atoms with van der Waals surface area (Å²) in [7, 11) is 2.88. The number of hydrogen-bond acceptors (Lipinski definition) is 8. The molecule has 144 valence electrons. The summed E-state index contributed by atoms with van der Waals surface area (Å²) >= 11 is 0. The van der Waals surface area contributed by atoms with Crippen LogP contribution in [-0.4, -0.2) is 20.1 Å². The number of rotatable bonds is 3. The van der Waals surface area contributed by atoms with E-state index in [2.05, 4.69) is 10.9 Å². The van der Waals surface area contributed by atoms with Gasteiger partial charge in [0.1, 0.15) is 16.9 Å². The van der Waals surface area contributed by atoms with Crippen LogP contribution in [0.2, 0.25) is 0 Å². The molecule has 3 heterocycles. The molecule has 1 aliphatic heterocycles. The van der Waals surface area contributed by atoms with Crippen LogP contribution in [0.15, 0.2) is 26.0 Å². The van der Waals surface area contributed by atoms with E-state index in [1.807, 2.05) is 6.07 Å². The minimum Gasteiger partial charge on any atom is -0.495 e. The second-order valence-electron chi connectivity index (χ2n) is 6.68. The molecule has 0 bridgehead atoms. The Morgan fingerprint density at radius 3 is 2.57 bits per heavy atom. The third-order valence-corrected chi connectivity index (χ3v) is 5.18. The van der Waals surface area contributed by atoms with Crippen molar-refractivity contribution >= 4 is 27.8 Å². The van der Waals surface area contributed by atoms with E-state index in [0.717, 1.165) is 0 Å². The number of nitriles is 1. The number of aryl methyl sites for hydroxylation is 1. The lowest BCUT2D eigenvalue weighted by Crippen LogP contribution is -2.45. The summed E-state index contributed by atoms with van der Waals surface area (Å²) in [5, 5.41) is 10.2. The first-order chi connectivity index (χ1) is 13.4. The summed E-state index contributed by atoms with van der Waals surface area (Å²) < 4.78 is 22.4. The third kappa shape index (κ3) is 2.09. The average Bonchev–Trinajstić information content (AvgIpc) is 3.24. The molecule has 9 nitrogen and oxygen atoms in total. The van der Waals surface area contributed by atoms with E-state index in [1.165, 1.54) is 20.5 Å². The van der Waals surface area contributed by atoms with E-state index >= 15 is 0 Å². The summed E-state index contributed by atoms with van der Waals surface area (Å²) in [6.07, 6.45) is 1.46. The lowest BCUT2D eigenvalue weighted by Gasteiger charge is -2.26. The Morgan fingerprint density at radius 2 is 1.93 bits per heavy atom. The zero-order valence-corrected chi connectivity index (χ0v) is 15.6. The molecular weight excluding hydrogens is 366 g/mol. The van der Waals surface area contributed by atoms with Gasteiger partial charge in [-0.25, -0.2) is 5.43 Å². The van der Waals surface area contributed by atoms with Crippen LogP contribution in [-0.2, 0) is 10.3 Å². The number of carbonyl (C=O) groups excluding carboxylic acids is 1. The normalized spacial score (nSPS) is 21.7. The number of amides is 1. The number of hydrazine groups is 1. The number of benzene rings is 1. The van der Waals surface area contributed by atoms with Crippen molar-refractivity contribution in [2.24, 2.45) is 5.92 Å². The monoisotopic (exact) mass is 383 g/mol. The van der Waals surface area contributed by atoms with Crippen LogP contribution in [0, 0.1) is 24.2 Å². The summed E-state index contributed by atoms with van der Waals surface area (Å²) in [5.74, 6) is -0.853. The molecule has 1 amide bonds. The van der Waals surface area contributed by atoms with Gasteiger partial charge in [0.2, 0.25) is 11.2 Å². The van der Waals surface area contributed by atoms with Gasteiger partial charge in [-0.1, -0.05) is 0 Å². The standard InChI is InChI=1S/C19H17N3O6/c1-8-12(19(2)10(7-20)18(24)21-22-19)13(23)11-14(25-3)9-5-6-27-15(9)17(26-4)16(11)28-8/h5-6,10,22H,1-4H3,(H,21,24). The predicted octanol–water partition coefficient (Wildman–Crippen LogP) is 1.85. The maximum Gasteiger partial charge on any atom is 0.253 e. The van der Waals surface area contributed by atoms with Gasteiger partial charge >= 0.3 is 0 Å². The van der Waals surface area contributed by atoms with Crippen molar-refractivity contribution in [3.8, 4) is 17.6 Å². The minimum atomic E-state index is -1.28. The van der Waals surface area contributed by atoms with Gasteiger partial charge in [-0.2, -0.15) is 5.26 Å². The van der Waals surface area contributed by atoms with E-state index in [9.17, 15) is 14.9 Å². The minimum absolute atomic E-state index is 0.146. The molecule has 9 heteroatoms. The second kappa shape index (κ2) is 6.00. The van der Waals surface area contributed by atoms with Crippen LogP contribution in [0.4, 0.5) is 0 Å². The van der Waals surface area contributed by atoms with Crippen LogP contribution >= 0.6 is 0 Å². The van der Waals surface area contributed by atoms with Crippen LogP contribution in [0.25, 0.3) is 21.9 Å². The fourth-order valence-electron chi connectivity index (χ4n) is 3.90. The van der Waals surface area contributed by atoms with Crippen molar-refractivity contribution in [2.45, 2.75) is 19.4 Å². The number of nitrogens with zero attached hydrogens (tertiary/aromatic N) is 1. The molecule has 1 aliphatic rings. The molecule has 2 unspecified atom stereocenters. The molecule has 4 rings (SSSR count). The van der Waals surface area contributed by atoms with Gasteiger partial charge in [-0.15, -0.1) is 0 Å². The van der Waals surface area contributed by atoms with Crippen molar-refractivity contribution in [3.05, 3.63) is 33.9 Å². The molecule has 0 aliphatic carbocycles. The van der Waals surface area contributed by atoms with E-state index in [1.54, 1.807) is 19.9 Å². The van der Waals surface area contributed by atoms with Crippen molar-refractivity contribution in [1.82, 2.24) is 10.9 Å². The number of methoxy groups -OCH3 is 2. The summed E-state index contributed by atoms with van der Waals surface area (Å²) in [6, 6.07) is 3.62. The largest absolute Gasteiger partial charge is 0.495 e. The Hall–Kier alpha value is -3.51. The average molecular weight is 383 g/mol. The Morgan fingerprint density at radius 1 is 1.21 bits per heavy atom. The van der Waals surface area contributed by atoms with Gasteiger partial charge < -0.3 is 18.3 Å². The number of carbonyl (C=O) groups is 1. The van der Waals surface area contributed by atoms with Gasteiger partial charge in [0, 0.05) is 0 Å². The Bertz CT molecular complexity index is 1230. The van der Waals surface area contributed by atoms with Gasteiger partial charge in [-0.05, 0) is 19.9 Å². The molecule has 1 saturated heterocycles. The molecular formula is C19H17N3O6. The number of hydrogen-bond donors (Lipinski definition) is 2. The first-order valence-corrected chi connectivity index (χ1v) is 8.44. The number of fused-ring (bicyclic) bond motifs is 2. The summed E-state index contributed by atoms with van der Waals surface area (Å²) in [5.41, 5.74) is 4.20. The van der Waals surface area contributed by atoms with Gasteiger partial charge in [0.15, 0.2) is 17.1 Å². The molecule has 0 saturated carbocycles. The fourth-order valence-corrected chi connectivity index (χ4v) is 3.90. The van der Waals surface area contributed by atoms with Crippen molar-refractivity contribution in [1.29, 1.82) is 5.26 Å². The molecule has 2 N–H and O–H groups in total. The Labute approximate surface area is 158 Å². The van der Waals surface area contributed by atoms with Crippen LogP contribution < -0.4 is 25.8 Å². The molecule has 3 aromatic rings. The Kier molecular flexibility index (Phi) is 3.83. The topological polar surface area (TPSA) is 127 Å². The number of nitrogens with one attached hydrogen (secondary N) is 2. The molecule has 0 spiro atoms. The van der Waals surface area contributed by atoms with E-state index in [4.69, 9.17) is 18.3 Å². The SMILES string of the molecule is COc1c2occc2c(OC)c2c(=O)c(C3(C)NNC(=O)C3C#N)c(C)oc12. The molecule has 1 fully saturated rings. The highest BCUT2D eigenvalue weighted by atomic mass is 16.5. The molecule has 28 heavy (non-hydrogen) atoms. The van der Waals surface area contributed by atoms with Crippen LogP contribution in [0.3, 0.4) is 0 Å². The maximum atomic E-state index is 13.6. The number of ether oxygens (including phenoxy) is 2. The van der Waals surface area contributed by atoms with Crippen LogP contribution in [0.1, 0.15) is 18.2 Å². The molecule has 2 atom stereocenters. The van der Waals surface area contributed by atoms with Crippen molar-refractivity contribution in [2.75, 3.05) is 14.2 Å². The van der Waals surface area contributed by atoms with Crippen molar-refractivity contribution < 1.29 is 23.1 Å². The third-order valence-electron chi connectivity index (χ3n) is 5.18. The highest BCUT2D eigenvalue weighted by molar-refractivity contribution is 6.07. The van der Waals surface area contributed by atoms with E-state index in [0.29, 0.717) is 11.0 Å². The Balaban J connectivity index is 2.18. The lowest BCUT2D eigenvalue weighted by molar-refractivity contribution is -0.121. The van der Waals surface area contributed by atoms with Gasteiger partial charge in [0.05, 0.1) is 43.0 Å². The quantitative estimate of drug-likeness (QED) is 0.702. The first-order valence-electron chi connectivity index (χ1n) is 8.44. The maximum absolute atomic E-state index is 13.6. The van der Waals surface area contributed by atoms with E-state index in [-0.39, 0.29) is 33.8 Å². The van der Waals surface area contributed by atoms with Crippen molar-refractivity contribution in [3.63, 3.8) is 0 Å². The predicted molar refractivity (Wildman–Crippen MR) is 97.8 cm³/mol. The van der Waals surface area contributed by atoms with Gasteiger partial charge in [0.25, 0.3) is 5.91 Å². The second-order valence-corrected chi connectivity index (χ2v) is 6.68. The summed E-state index contributed by atoms with van der Waals surface area (Å²) in [6.45, 7) is 3.20. The van der Waals surface area contributed by atoms with Gasteiger partial charge in [-0.3, -0.25) is 15.0 Å². The molecule has 2 aromatic heterocycles.